The van der Waals surface area contributed by atoms with Gasteiger partial charge in [0.2, 0.25) is 5.91 Å². The summed E-state index contributed by atoms with van der Waals surface area (Å²) in [7, 11) is 0. The summed E-state index contributed by atoms with van der Waals surface area (Å²) in [6.45, 7) is 12.1. The molecule has 6 heteroatoms. The number of carbonyl (C=O) groups is 1. The zero-order valence-electron chi connectivity index (χ0n) is 14.3. The highest BCUT2D eigenvalue weighted by molar-refractivity contribution is 5.96. The average molecular weight is 312 g/mol. The molecule has 6 nitrogen and oxygen atoms in total. The van der Waals surface area contributed by atoms with Gasteiger partial charge in [0.1, 0.15) is 6.10 Å². The van der Waals surface area contributed by atoms with Gasteiger partial charge in [-0.2, -0.15) is 0 Å². The summed E-state index contributed by atoms with van der Waals surface area (Å²) >= 11 is 0. The van der Waals surface area contributed by atoms with Gasteiger partial charge in [0.15, 0.2) is 5.79 Å². The van der Waals surface area contributed by atoms with Crippen molar-refractivity contribution < 1.29 is 19.4 Å². The molecule has 1 fully saturated rings. The van der Waals surface area contributed by atoms with Gasteiger partial charge in [-0.05, 0) is 41.5 Å². The van der Waals surface area contributed by atoms with Crippen LogP contribution in [0.1, 0.15) is 41.5 Å². The highest BCUT2D eigenvalue weighted by atomic mass is 16.7. The number of hydrogen-bond donors (Lipinski definition) is 3. The molecule has 1 amide bonds. The van der Waals surface area contributed by atoms with Gasteiger partial charge in [0.05, 0.1) is 12.7 Å². The molecule has 3 N–H and O–H groups in total. The van der Waals surface area contributed by atoms with Crippen LogP contribution >= 0.6 is 0 Å². The summed E-state index contributed by atoms with van der Waals surface area (Å²) in [5.74, 6) is -0.847. The highest BCUT2D eigenvalue weighted by Gasteiger charge is 2.41. The fourth-order valence-corrected chi connectivity index (χ4v) is 3.13. The molecule has 0 aromatic rings. The number of hydrogen-bond acceptors (Lipinski definition) is 5. The summed E-state index contributed by atoms with van der Waals surface area (Å²) in [6.07, 6.45) is 0.722. The molecule has 22 heavy (non-hydrogen) atoms. The van der Waals surface area contributed by atoms with E-state index in [-0.39, 0.29) is 18.0 Å². The Morgan fingerprint density at radius 1 is 1.41 bits per heavy atom. The van der Waals surface area contributed by atoms with Gasteiger partial charge in [0.25, 0.3) is 0 Å². The molecule has 126 valence electrons. The van der Waals surface area contributed by atoms with Gasteiger partial charge >= 0.3 is 0 Å². The quantitative estimate of drug-likeness (QED) is 0.712. The van der Waals surface area contributed by atoms with E-state index in [0.717, 1.165) is 0 Å². The second-order valence-electron chi connectivity index (χ2n) is 7.67. The molecule has 2 rings (SSSR count). The molecule has 2 atom stereocenters. The van der Waals surface area contributed by atoms with E-state index in [2.05, 4.69) is 10.6 Å². The molecule has 0 aromatic carbocycles. The monoisotopic (exact) mass is 312 g/mol. The van der Waals surface area contributed by atoms with Crippen molar-refractivity contribution in [1.29, 1.82) is 0 Å². The van der Waals surface area contributed by atoms with Crippen LogP contribution in [-0.4, -0.2) is 53.2 Å². The molecule has 2 aliphatic heterocycles. The van der Waals surface area contributed by atoms with Gasteiger partial charge in [-0.3, -0.25) is 10.1 Å². The first-order valence-corrected chi connectivity index (χ1v) is 7.73. The molecular weight excluding hydrogens is 284 g/mol. The lowest BCUT2D eigenvalue weighted by atomic mass is 9.96. The van der Waals surface area contributed by atoms with Crippen LogP contribution in [0.4, 0.5) is 0 Å². The number of ether oxygens (including phenoxy) is 2. The average Bonchev–Trinajstić information content (AvgIpc) is 2.81. The lowest BCUT2D eigenvalue weighted by Gasteiger charge is -2.28. The van der Waals surface area contributed by atoms with Crippen LogP contribution in [0.25, 0.3) is 0 Å². The third kappa shape index (κ3) is 3.87. The summed E-state index contributed by atoms with van der Waals surface area (Å²) in [6, 6.07) is 0. The van der Waals surface area contributed by atoms with Crippen molar-refractivity contribution in [2.24, 2.45) is 0 Å². The SMILES string of the molecule is CC1(C)C=C(C(=O)NCC(O)C2COC(C)(C)O2)C(C)(C)N1. The van der Waals surface area contributed by atoms with E-state index < -0.39 is 23.5 Å². The Hall–Kier alpha value is -0.950. The Bertz CT molecular complexity index is 483. The van der Waals surface area contributed by atoms with Crippen LogP contribution in [0.5, 0.6) is 0 Å². The fourth-order valence-electron chi connectivity index (χ4n) is 3.13. The maximum Gasteiger partial charge on any atom is 0.248 e. The van der Waals surface area contributed by atoms with Crippen molar-refractivity contribution in [2.45, 2.75) is 70.6 Å². The van der Waals surface area contributed by atoms with Gasteiger partial charge in [-0.15, -0.1) is 0 Å². The van der Waals surface area contributed by atoms with Crippen molar-refractivity contribution in [2.75, 3.05) is 13.2 Å². The van der Waals surface area contributed by atoms with Crippen molar-refractivity contribution >= 4 is 5.91 Å². The van der Waals surface area contributed by atoms with Gasteiger partial charge in [-0.25, -0.2) is 0 Å². The normalized spacial score (nSPS) is 30.0. The minimum Gasteiger partial charge on any atom is -0.388 e. The van der Waals surface area contributed by atoms with E-state index in [4.69, 9.17) is 9.47 Å². The van der Waals surface area contributed by atoms with E-state index in [1.807, 2.05) is 33.8 Å². The Balaban J connectivity index is 1.91. The lowest BCUT2D eigenvalue weighted by molar-refractivity contribution is -0.150. The van der Waals surface area contributed by atoms with E-state index in [0.29, 0.717) is 12.2 Å². The zero-order valence-corrected chi connectivity index (χ0v) is 14.3. The predicted molar refractivity (Wildman–Crippen MR) is 83.3 cm³/mol. The summed E-state index contributed by atoms with van der Waals surface area (Å²) in [5, 5.41) is 16.3. The Kier molecular flexibility index (Phi) is 4.43. The van der Waals surface area contributed by atoms with Crippen LogP contribution in [0.3, 0.4) is 0 Å². The van der Waals surface area contributed by atoms with E-state index in [1.165, 1.54) is 0 Å². The van der Waals surface area contributed by atoms with Crippen LogP contribution in [0.15, 0.2) is 11.6 Å². The van der Waals surface area contributed by atoms with Gasteiger partial charge in [-0.1, -0.05) is 6.08 Å². The number of aliphatic hydroxyl groups is 1. The minimum atomic E-state index is -0.795. The molecule has 0 radical (unpaired) electrons. The largest absolute Gasteiger partial charge is 0.388 e. The summed E-state index contributed by atoms with van der Waals surface area (Å²) < 4.78 is 11.0. The standard InChI is InChI=1S/C16H28N2O4/c1-14(2)7-10(15(3,4)18-14)13(20)17-8-11(19)12-9-21-16(5,6)22-12/h7,11-12,18-19H,8-9H2,1-6H3,(H,17,20). The number of nitrogens with one attached hydrogen (secondary N) is 2. The van der Waals surface area contributed by atoms with E-state index >= 15 is 0 Å². The summed E-state index contributed by atoms with van der Waals surface area (Å²) in [5.41, 5.74) is 0.0722. The maximum atomic E-state index is 12.4. The zero-order chi connectivity index (χ0) is 16.8. The van der Waals surface area contributed by atoms with Crippen LogP contribution in [0.2, 0.25) is 0 Å². The van der Waals surface area contributed by atoms with Gasteiger partial charge in [0, 0.05) is 23.2 Å². The number of amides is 1. The van der Waals surface area contributed by atoms with E-state index in [1.54, 1.807) is 13.8 Å². The molecule has 1 saturated heterocycles. The molecule has 0 aromatic heterocycles. The molecule has 2 heterocycles. The van der Waals surface area contributed by atoms with Gasteiger partial charge < -0.3 is 19.9 Å². The Morgan fingerprint density at radius 2 is 2.05 bits per heavy atom. The Morgan fingerprint density at radius 3 is 2.50 bits per heavy atom. The number of carbonyl (C=O) groups excluding carboxylic acids is 1. The van der Waals surface area contributed by atoms with Crippen molar-refractivity contribution in [1.82, 2.24) is 10.6 Å². The topological polar surface area (TPSA) is 79.8 Å². The maximum absolute atomic E-state index is 12.4. The fraction of sp³-hybridized carbons (Fsp3) is 0.812. The first kappa shape index (κ1) is 17.4. The Labute approximate surface area is 132 Å². The first-order valence-electron chi connectivity index (χ1n) is 7.73. The van der Waals surface area contributed by atoms with Crippen LogP contribution in [-0.2, 0) is 14.3 Å². The highest BCUT2D eigenvalue weighted by Crippen LogP contribution is 2.29. The van der Waals surface area contributed by atoms with Crippen LogP contribution < -0.4 is 10.6 Å². The van der Waals surface area contributed by atoms with Crippen molar-refractivity contribution in [3.63, 3.8) is 0 Å². The predicted octanol–water partition coefficient (Wildman–Crippen LogP) is 0.702. The van der Waals surface area contributed by atoms with Crippen LogP contribution in [0, 0.1) is 0 Å². The first-order chi connectivity index (χ1) is 9.92. The summed E-state index contributed by atoms with van der Waals surface area (Å²) in [4.78, 5) is 12.4. The van der Waals surface area contributed by atoms with Crippen molar-refractivity contribution in [3.05, 3.63) is 11.6 Å². The van der Waals surface area contributed by atoms with Crippen molar-refractivity contribution in [3.8, 4) is 0 Å². The lowest BCUT2D eigenvalue weighted by Crippen LogP contribution is -2.48. The molecule has 2 aliphatic rings. The molecule has 0 bridgehead atoms. The minimum absolute atomic E-state index is 0.136. The molecule has 0 saturated carbocycles. The molecule has 0 aliphatic carbocycles. The van der Waals surface area contributed by atoms with E-state index in [9.17, 15) is 9.90 Å². The second kappa shape index (κ2) is 5.60. The smallest absolute Gasteiger partial charge is 0.248 e. The molecular formula is C16H28N2O4. The molecule has 2 unspecified atom stereocenters. The number of aliphatic hydroxyl groups excluding tert-OH is 1. The third-order valence-electron chi connectivity index (χ3n) is 3.99. The molecule has 0 spiro atoms. The second-order valence-corrected chi connectivity index (χ2v) is 7.67. The third-order valence-corrected chi connectivity index (χ3v) is 3.99. The number of rotatable bonds is 4.